The van der Waals surface area contributed by atoms with Gasteiger partial charge in [-0.25, -0.2) is 4.79 Å². The number of carbonyl (C=O) groups is 1. The fraction of sp³-hybridized carbons (Fsp3) is 0.750. The molecule has 19 heavy (non-hydrogen) atoms. The fourth-order valence-corrected chi connectivity index (χ4v) is 2.08. The van der Waals surface area contributed by atoms with Gasteiger partial charge in [0.25, 0.3) is 5.89 Å². The number of aromatic nitrogens is 2. The molecule has 2 amide bonds. The summed E-state index contributed by atoms with van der Waals surface area (Å²) in [4.78, 5) is 17.5. The van der Waals surface area contributed by atoms with Crippen LogP contribution in [0.25, 0.3) is 0 Å². The summed E-state index contributed by atoms with van der Waals surface area (Å²) in [6.45, 7) is 6.13. The van der Waals surface area contributed by atoms with E-state index in [2.05, 4.69) is 15.5 Å². The van der Waals surface area contributed by atoms with Crippen LogP contribution in [0.4, 0.5) is 4.79 Å². The summed E-state index contributed by atoms with van der Waals surface area (Å²) in [6, 6.07) is 0.00785. The van der Waals surface area contributed by atoms with Gasteiger partial charge in [0.05, 0.1) is 6.10 Å². The number of nitrogens with zero attached hydrogens (tertiary/aromatic N) is 3. The molecule has 7 heteroatoms. The van der Waals surface area contributed by atoms with Crippen LogP contribution >= 0.6 is 0 Å². The summed E-state index contributed by atoms with van der Waals surface area (Å²) in [6.07, 6.45) is 1.83. The van der Waals surface area contributed by atoms with Crippen LogP contribution in [-0.2, 0) is 11.3 Å². The van der Waals surface area contributed by atoms with Crippen LogP contribution in [-0.4, -0.2) is 46.8 Å². The Hall–Kier alpha value is -1.63. The smallest absolute Gasteiger partial charge is 0.317 e. The van der Waals surface area contributed by atoms with Gasteiger partial charge in [0, 0.05) is 19.6 Å². The van der Waals surface area contributed by atoms with E-state index in [1.807, 2.05) is 11.8 Å². The van der Waals surface area contributed by atoms with Crippen LogP contribution in [0.15, 0.2) is 4.52 Å². The van der Waals surface area contributed by atoms with E-state index < -0.39 is 0 Å². The molecule has 0 saturated carbocycles. The molecule has 0 radical (unpaired) electrons. The highest BCUT2D eigenvalue weighted by atomic mass is 16.5. The lowest BCUT2D eigenvalue weighted by atomic mass is 10.1. The van der Waals surface area contributed by atoms with Crippen molar-refractivity contribution in [2.45, 2.75) is 39.4 Å². The molecule has 1 saturated heterocycles. The Balaban J connectivity index is 1.70. The van der Waals surface area contributed by atoms with Crippen molar-refractivity contribution < 1.29 is 14.1 Å². The highest BCUT2D eigenvalue weighted by molar-refractivity contribution is 5.74. The molecular weight excluding hydrogens is 248 g/mol. The molecule has 1 fully saturated rings. The number of piperidine rings is 1. The number of rotatable bonds is 4. The third-order valence-corrected chi connectivity index (χ3v) is 3.07. The zero-order valence-electron chi connectivity index (χ0n) is 11.4. The highest BCUT2D eigenvalue weighted by Crippen LogP contribution is 2.15. The van der Waals surface area contributed by atoms with E-state index in [9.17, 15) is 4.79 Å². The second kappa shape index (κ2) is 6.51. The van der Waals surface area contributed by atoms with Gasteiger partial charge in [-0.3, -0.25) is 0 Å². The van der Waals surface area contributed by atoms with Gasteiger partial charge in [0.1, 0.15) is 6.61 Å². The average Bonchev–Trinajstić information content (AvgIpc) is 2.83. The Bertz CT molecular complexity index is 413. The van der Waals surface area contributed by atoms with E-state index in [0.29, 0.717) is 24.9 Å². The first-order chi connectivity index (χ1) is 9.19. The number of likely N-dealkylation sites (tertiary alicyclic amines) is 1. The van der Waals surface area contributed by atoms with Crippen molar-refractivity contribution in [3.05, 3.63) is 11.7 Å². The second-order valence-corrected chi connectivity index (χ2v) is 4.57. The van der Waals surface area contributed by atoms with Gasteiger partial charge in [0.2, 0.25) is 0 Å². The summed E-state index contributed by atoms with van der Waals surface area (Å²) in [5, 5.41) is 6.51. The van der Waals surface area contributed by atoms with E-state index in [0.717, 1.165) is 25.9 Å². The molecule has 1 aromatic heterocycles. The Morgan fingerprint density at radius 1 is 1.53 bits per heavy atom. The van der Waals surface area contributed by atoms with Gasteiger partial charge in [-0.2, -0.15) is 4.98 Å². The van der Waals surface area contributed by atoms with E-state index in [1.54, 1.807) is 6.92 Å². The number of urea groups is 1. The molecule has 2 rings (SSSR count). The SMILES string of the molecule is CCNC(=O)N1CCC(OCc2nc(C)no2)CC1. The van der Waals surface area contributed by atoms with Gasteiger partial charge in [-0.05, 0) is 26.7 Å². The van der Waals surface area contributed by atoms with Crippen LogP contribution in [0.5, 0.6) is 0 Å². The maximum Gasteiger partial charge on any atom is 0.317 e. The van der Waals surface area contributed by atoms with Crippen molar-refractivity contribution in [1.29, 1.82) is 0 Å². The van der Waals surface area contributed by atoms with Crippen molar-refractivity contribution in [2.75, 3.05) is 19.6 Å². The molecule has 1 N–H and O–H groups in total. The van der Waals surface area contributed by atoms with E-state index in [-0.39, 0.29) is 12.1 Å². The zero-order chi connectivity index (χ0) is 13.7. The maximum atomic E-state index is 11.6. The Morgan fingerprint density at radius 3 is 2.84 bits per heavy atom. The molecule has 0 aliphatic carbocycles. The number of aryl methyl sites for hydroxylation is 1. The lowest BCUT2D eigenvalue weighted by Gasteiger charge is -2.31. The van der Waals surface area contributed by atoms with E-state index >= 15 is 0 Å². The van der Waals surface area contributed by atoms with Gasteiger partial charge in [-0.1, -0.05) is 5.16 Å². The number of ether oxygens (including phenoxy) is 1. The molecule has 0 bridgehead atoms. The Labute approximate surface area is 112 Å². The van der Waals surface area contributed by atoms with E-state index in [1.165, 1.54) is 0 Å². The van der Waals surface area contributed by atoms with Crippen molar-refractivity contribution in [1.82, 2.24) is 20.4 Å². The molecule has 7 nitrogen and oxygen atoms in total. The first-order valence-corrected chi connectivity index (χ1v) is 6.62. The number of hydrogen-bond donors (Lipinski definition) is 1. The summed E-state index contributed by atoms with van der Waals surface area (Å²) < 4.78 is 10.7. The van der Waals surface area contributed by atoms with Gasteiger partial charge in [0.15, 0.2) is 5.82 Å². The summed E-state index contributed by atoms with van der Waals surface area (Å²) >= 11 is 0. The second-order valence-electron chi connectivity index (χ2n) is 4.57. The van der Waals surface area contributed by atoms with E-state index in [4.69, 9.17) is 9.26 Å². The minimum absolute atomic E-state index is 0.00785. The van der Waals surface area contributed by atoms with Crippen molar-refractivity contribution in [2.24, 2.45) is 0 Å². The molecule has 1 aliphatic rings. The Kier molecular flexibility index (Phi) is 4.73. The monoisotopic (exact) mass is 268 g/mol. The molecule has 106 valence electrons. The molecule has 0 unspecified atom stereocenters. The van der Waals surface area contributed by atoms with Gasteiger partial charge < -0.3 is 19.5 Å². The average molecular weight is 268 g/mol. The highest BCUT2D eigenvalue weighted by Gasteiger charge is 2.23. The van der Waals surface area contributed by atoms with Gasteiger partial charge in [-0.15, -0.1) is 0 Å². The standard InChI is InChI=1S/C12H20N4O3/c1-3-13-12(17)16-6-4-10(5-7-16)18-8-11-14-9(2)15-19-11/h10H,3-8H2,1-2H3,(H,13,17). The summed E-state index contributed by atoms with van der Waals surface area (Å²) in [5.41, 5.74) is 0. The topological polar surface area (TPSA) is 80.5 Å². The predicted octanol–water partition coefficient (Wildman–Crippen LogP) is 1.09. The molecule has 0 atom stereocenters. The number of amides is 2. The van der Waals surface area contributed by atoms with Crippen LogP contribution < -0.4 is 5.32 Å². The third kappa shape index (κ3) is 3.92. The minimum Gasteiger partial charge on any atom is -0.368 e. The number of nitrogens with one attached hydrogen (secondary N) is 1. The van der Waals surface area contributed by atoms with Crippen LogP contribution in [0.2, 0.25) is 0 Å². The molecule has 2 heterocycles. The lowest BCUT2D eigenvalue weighted by molar-refractivity contribution is -0.00607. The normalized spacial score (nSPS) is 16.6. The zero-order valence-corrected chi connectivity index (χ0v) is 11.4. The largest absolute Gasteiger partial charge is 0.368 e. The number of hydrogen-bond acceptors (Lipinski definition) is 5. The fourth-order valence-electron chi connectivity index (χ4n) is 2.08. The molecule has 0 aromatic carbocycles. The molecule has 1 aliphatic heterocycles. The molecule has 0 spiro atoms. The Morgan fingerprint density at radius 2 is 2.26 bits per heavy atom. The number of carbonyl (C=O) groups excluding carboxylic acids is 1. The molecular formula is C12H20N4O3. The summed E-state index contributed by atoms with van der Waals surface area (Å²) in [5.74, 6) is 1.12. The molecule has 1 aromatic rings. The van der Waals surface area contributed by atoms with Crippen molar-refractivity contribution in [3.63, 3.8) is 0 Å². The first kappa shape index (κ1) is 13.8. The van der Waals surface area contributed by atoms with Crippen LogP contribution in [0.1, 0.15) is 31.5 Å². The van der Waals surface area contributed by atoms with Crippen LogP contribution in [0, 0.1) is 6.92 Å². The minimum atomic E-state index is 0.00785. The van der Waals surface area contributed by atoms with Crippen LogP contribution in [0.3, 0.4) is 0 Å². The quantitative estimate of drug-likeness (QED) is 0.884. The first-order valence-electron chi connectivity index (χ1n) is 6.62. The summed E-state index contributed by atoms with van der Waals surface area (Å²) in [7, 11) is 0. The third-order valence-electron chi connectivity index (χ3n) is 3.07. The predicted molar refractivity (Wildman–Crippen MR) is 67.5 cm³/mol. The van der Waals surface area contributed by atoms with Crippen molar-refractivity contribution in [3.8, 4) is 0 Å². The van der Waals surface area contributed by atoms with Gasteiger partial charge >= 0.3 is 6.03 Å². The lowest BCUT2D eigenvalue weighted by Crippen LogP contribution is -2.45. The van der Waals surface area contributed by atoms with Crippen molar-refractivity contribution >= 4 is 6.03 Å². The maximum absolute atomic E-state index is 11.6.